The molecule has 0 N–H and O–H groups in total. The van der Waals surface area contributed by atoms with Gasteiger partial charge >= 0.3 is 0 Å². The number of nitrogens with zero attached hydrogens (tertiary/aromatic N) is 1. The number of carbonyl (C=O) groups excluding carboxylic acids is 1. The van der Waals surface area contributed by atoms with Crippen LogP contribution in [0.1, 0.15) is 43.7 Å². The number of thiophene rings is 1. The molecule has 0 spiro atoms. The van der Waals surface area contributed by atoms with E-state index in [2.05, 4.69) is 24.9 Å². The van der Waals surface area contributed by atoms with Crippen molar-refractivity contribution in [3.63, 3.8) is 0 Å². The van der Waals surface area contributed by atoms with E-state index in [1.165, 1.54) is 16.0 Å². The number of hydrogen-bond acceptors (Lipinski definition) is 3. The Morgan fingerprint density at radius 1 is 1.44 bits per heavy atom. The predicted octanol–water partition coefficient (Wildman–Crippen LogP) is 3.67. The maximum atomic E-state index is 12.5. The zero-order valence-electron chi connectivity index (χ0n) is 10.6. The van der Waals surface area contributed by atoms with Crippen molar-refractivity contribution >= 4 is 17.1 Å². The maximum absolute atomic E-state index is 12.5. The van der Waals surface area contributed by atoms with E-state index in [1.54, 1.807) is 17.5 Å². The van der Waals surface area contributed by atoms with Crippen molar-refractivity contribution < 1.29 is 4.79 Å². The SMILES string of the molecule is Cc1cc(C(=O)C2CCc3cccnc32)sc1C. The number of Topliss-reactive ketones (excluding diaryl/α,β-unsaturated/α-hetero) is 1. The Labute approximate surface area is 111 Å². The largest absolute Gasteiger partial charge is 0.293 e. The normalized spacial score (nSPS) is 17.8. The fourth-order valence-corrected chi connectivity index (χ4v) is 3.56. The van der Waals surface area contributed by atoms with Gasteiger partial charge in [-0.3, -0.25) is 9.78 Å². The molecule has 1 atom stereocenters. The quantitative estimate of drug-likeness (QED) is 0.768. The monoisotopic (exact) mass is 257 g/mol. The van der Waals surface area contributed by atoms with Crippen LogP contribution in [0.4, 0.5) is 0 Å². The Morgan fingerprint density at radius 2 is 2.28 bits per heavy atom. The lowest BCUT2D eigenvalue weighted by molar-refractivity contribution is 0.0962. The summed E-state index contributed by atoms with van der Waals surface area (Å²) >= 11 is 1.61. The van der Waals surface area contributed by atoms with Crippen LogP contribution in [0.5, 0.6) is 0 Å². The Balaban J connectivity index is 1.95. The summed E-state index contributed by atoms with van der Waals surface area (Å²) in [7, 11) is 0. The van der Waals surface area contributed by atoms with E-state index in [-0.39, 0.29) is 11.7 Å². The average molecular weight is 257 g/mol. The van der Waals surface area contributed by atoms with Crippen LogP contribution in [0.3, 0.4) is 0 Å². The van der Waals surface area contributed by atoms with Gasteiger partial charge in [0.25, 0.3) is 0 Å². The van der Waals surface area contributed by atoms with Gasteiger partial charge in [-0.2, -0.15) is 0 Å². The molecule has 1 aliphatic rings. The number of ketones is 1. The third kappa shape index (κ3) is 1.79. The Kier molecular flexibility index (Phi) is 2.78. The number of aryl methyl sites for hydroxylation is 3. The van der Waals surface area contributed by atoms with Crippen LogP contribution >= 0.6 is 11.3 Å². The minimum atomic E-state index is -0.0290. The van der Waals surface area contributed by atoms with E-state index in [0.29, 0.717) is 0 Å². The van der Waals surface area contributed by atoms with E-state index in [1.807, 2.05) is 12.1 Å². The summed E-state index contributed by atoms with van der Waals surface area (Å²) in [6.45, 7) is 4.13. The van der Waals surface area contributed by atoms with Crippen LogP contribution in [-0.4, -0.2) is 10.8 Å². The van der Waals surface area contributed by atoms with Crippen molar-refractivity contribution in [2.75, 3.05) is 0 Å². The smallest absolute Gasteiger partial charge is 0.181 e. The van der Waals surface area contributed by atoms with Gasteiger partial charge in [0.2, 0.25) is 0 Å². The Morgan fingerprint density at radius 3 is 3.00 bits per heavy atom. The van der Waals surface area contributed by atoms with Gasteiger partial charge in [0, 0.05) is 11.1 Å². The molecule has 0 bridgehead atoms. The molecule has 2 aromatic rings. The molecule has 0 radical (unpaired) electrons. The second-order valence-corrected chi connectivity index (χ2v) is 6.11. The number of aromatic nitrogens is 1. The van der Waals surface area contributed by atoms with Gasteiger partial charge in [0.05, 0.1) is 16.5 Å². The van der Waals surface area contributed by atoms with Crippen molar-refractivity contribution in [1.82, 2.24) is 4.98 Å². The summed E-state index contributed by atoms with van der Waals surface area (Å²) in [5, 5.41) is 0. The molecule has 0 saturated carbocycles. The van der Waals surface area contributed by atoms with E-state index in [9.17, 15) is 4.79 Å². The molecule has 18 heavy (non-hydrogen) atoms. The maximum Gasteiger partial charge on any atom is 0.181 e. The van der Waals surface area contributed by atoms with Gasteiger partial charge < -0.3 is 0 Å². The lowest BCUT2D eigenvalue weighted by Crippen LogP contribution is -2.09. The van der Waals surface area contributed by atoms with E-state index < -0.39 is 0 Å². The van der Waals surface area contributed by atoms with Crippen molar-refractivity contribution in [2.24, 2.45) is 0 Å². The molecule has 92 valence electrons. The van der Waals surface area contributed by atoms with Crippen LogP contribution in [0.25, 0.3) is 0 Å². The standard InChI is InChI=1S/C15H15NOS/c1-9-8-13(18-10(9)2)15(17)12-6-5-11-4-3-7-16-14(11)12/h3-4,7-8,12H,5-6H2,1-2H3. The third-order valence-corrected chi connectivity index (χ3v) is 4.85. The zero-order chi connectivity index (χ0) is 12.7. The van der Waals surface area contributed by atoms with E-state index >= 15 is 0 Å². The highest BCUT2D eigenvalue weighted by atomic mass is 32.1. The molecular weight excluding hydrogens is 242 g/mol. The molecule has 1 aliphatic carbocycles. The molecule has 3 heteroatoms. The summed E-state index contributed by atoms with van der Waals surface area (Å²) in [5.74, 6) is 0.215. The van der Waals surface area contributed by atoms with Crippen LogP contribution in [-0.2, 0) is 6.42 Å². The summed E-state index contributed by atoms with van der Waals surface area (Å²) < 4.78 is 0. The molecule has 0 amide bonds. The number of hydrogen-bond donors (Lipinski definition) is 0. The molecule has 0 aliphatic heterocycles. The second-order valence-electron chi connectivity index (χ2n) is 4.85. The van der Waals surface area contributed by atoms with Gasteiger partial charge in [-0.05, 0) is 49.9 Å². The van der Waals surface area contributed by atoms with Crippen molar-refractivity contribution in [2.45, 2.75) is 32.6 Å². The van der Waals surface area contributed by atoms with Gasteiger partial charge in [-0.25, -0.2) is 0 Å². The minimum Gasteiger partial charge on any atom is -0.293 e. The fourth-order valence-electron chi connectivity index (χ4n) is 2.53. The third-order valence-electron chi connectivity index (χ3n) is 3.68. The minimum absolute atomic E-state index is 0.0290. The zero-order valence-corrected chi connectivity index (χ0v) is 11.4. The first-order valence-corrected chi connectivity index (χ1v) is 7.03. The molecule has 3 rings (SSSR count). The lowest BCUT2D eigenvalue weighted by atomic mass is 10.00. The average Bonchev–Trinajstić information content (AvgIpc) is 2.93. The predicted molar refractivity (Wildman–Crippen MR) is 73.4 cm³/mol. The summed E-state index contributed by atoms with van der Waals surface area (Å²) in [6.07, 6.45) is 3.67. The molecule has 0 saturated heterocycles. The molecule has 2 aromatic heterocycles. The highest BCUT2D eigenvalue weighted by Gasteiger charge is 2.31. The second kappa shape index (κ2) is 4.32. The molecular formula is C15H15NOS. The van der Waals surface area contributed by atoms with Crippen LogP contribution < -0.4 is 0 Å². The van der Waals surface area contributed by atoms with Gasteiger partial charge in [-0.1, -0.05) is 6.07 Å². The summed E-state index contributed by atoms with van der Waals surface area (Å²) in [4.78, 5) is 19.1. The number of carbonyl (C=O) groups is 1. The first-order valence-electron chi connectivity index (χ1n) is 6.22. The van der Waals surface area contributed by atoms with Crippen LogP contribution in [0.2, 0.25) is 0 Å². The van der Waals surface area contributed by atoms with Gasteiger partial charge in [-0.15, -0.1) is 11.3 Å². The van der Waals surface area contributed by atoms with Gasteiger partial charge in [0.15, 0.2) is 5.78 Å². The van der Waals surface area contributed by atoms with Gasteiger partial charge in [0.1, 0.15) is 0 Å². The molecule has 2 nitrogen and oxygen atoms in total. The topological polar surface area (TPSA) is 30.0 Å². The number of rotatable bonds is 2. The highest BCUT2D eigenvalue weighted by Crippen LogP contribution is 2.35. The number of fused-ring (bicyclic) bond motifs is 1. The molecule has 2 heterocycles. The lowest BCUT2D eigenvalue weighted by Gasteiger charge is -2.07. The summed E-state index contributed by atoms with van der Waals surface area (Å²) in [5.41, 5.74) is 3.44. The van der Waals surface area contributed by atoms with E-state index in [0.717, 1.165) is 23.4 Å². The number of pyridine rings is 1. The van der Waals surface area contributed by atoms with Crippen LogP contribution in [0.15, 0.2) is 24.4 Å². The first kappa shape index (κ1) is 11.6. The molecule has 0 aromatic carbocycles. The van der Waals surface area contributed by atoms with Crippen molar-refractivity contribution in [3.8, 4) is 0 Å². The van der Waals surface area contributed by atoms with Crippen molar-refractivity contribution in [1.29, 1.82) is 0 Å². The Hall–Kier alpha value is -1.48. The van der Waals surface area contributed by atoms with Crippen LogP contribution in [0, 0.1) is 13.8 Å². The highest BCUT2D eigenvalue weighted by molar-refractivity contribution is 7.14. The molecule has 0 fully saturated rings. The van der Waals surface area contributed by atoms with E-state index in [4.69, 9.17) is 0 Å². The molecule has 1 unspecified atom stereocenters. The van der Waals surface area contributed by atoms with Crippen molar-refractivity contribution in [3.05, 3.63) is 51.0 Å². The summed E-state index contributed by atoms with van der Waals surface area (Å²) in [6, 6.07) is 6.05. The first-order chi connectivity index (χ1) is 8.66. The Bertz CT molecular complexity index is 595. The fraction of sp³-hybridized carbons (Fsp3) is 0.333.